The van der Waals surface area contributed by atoms with Gasteiger partial charge in [-0.05, 0) is 45.4 Å². The van der Waals surface area contributed by atoms with Crippen LogP contribution in [-0.2, 0) is 0 Å². The third-order valence-electron chi connectivity index (χ3n) is 1.35. The first kappa shape index (κ1) is 9.11. The van der Waals surface area contributed by atoms with Crippen molar-refractivity contribution in [3.63, 3.8) is 0 Å². The molecule has 0 aromatic heterocycles. The van der Waals surface area contributed by atoms with E-state index in [4.69, 9.17) is 4.74 Å². The quantitative estimate of drug-likeness (QED) is 0.618. The lowest BCUT2D eigenvalue weighted by atomic mass is 10.2. The van der Waals surface area contributed by atoms with E-state index in [1.54, 1.807) is 0 Å². The minimum atomic E-state index is -0.122. The largest absolute Gasteiger partial charge is 0.488 e. The Morgan fingerprint density at radius 1 is 1.08 bits per heavy atom. The SMILES string of the molecule is [CH2]c1ccc(OC(C)(C)C)cc1. The van der Waals surface area contributed by atoms with E-state index in [-0.39, 0.29) is 5.60 Å². The van der Waals surface area contributed by atoms with Crippen LogP contribution in [0.15, 0.2) is 24.3 Å². The van der Waals surface area contributed by atoms with Gasteiger partial charge in [0.25, 0.3) is 0 Å². The van der Waals surface area contributed by atoms with Gasteiger partial charge in [0.15, 0.2) is 0 Å². The summed E-state index contributed by atoms with van der Waals surface area (Å²) in [7, 11) is 0. The van der Waals surface area contributed by atoms with E-state index >= 15 is 0 Å². The average molecular weight is 163 g/mol. The molecule has 0 aliphatic heterocycles. The van der Waals surface area contributed by atoms with E-state index in [0.29, 0.717) is 0 Å². The summed E-state index contributed by atoms with van der Waals surface area (Å²) in [6.45, 7) is 9.90. The predicted octanol–water partition coefficient (Wildman–Crippen LogP) is 3.05. The molecule has 0 aliphatic rings. The topological polar surface area (TPSA) is 9.23 Å². The number of hydrogen-bond acceptors (Lipinski definition) is 1. The minimum Gasteiger partial charge on any atom is -0.488 e. The molecule has 1 radical (unpaired) electrons. The molecule has 0 bridgehead atoms. The monoisotopic (exact) mass is 163 g/mol. The van der Waals surface area contributed by atoms with Gasteiger partial charge >= 0.3 is 0 Å². The Bertz CT molecular complexity index is 241. The minimum absolute atomic E-state index is 0.122. The van der Waals surface area contributed by atoms with Gasteiger partial charge in [-0.25, -0.2) is 0 Å². The maximum Gasteiger partial charge on any atom is 0.120 e. The van der Waals surface area contributed by atoms with Gasteiger partial charge in [-0.15, -0.1) is 0 Å². The van der Waals surface area contributed by atoms with Crippen molar-refractivity contribution >= 4 is 0 Å². The van der Waals surface area contributed by atoms with Crippen molar-refractivity contribution in [3.8, 4) is 5.75 Å². The molecule has 0 saturated carbocycles. The molecule has 0 spiro atoms. The lowest BCUT2D eigenvalue weighted by molar-refractivity contribution is 0.131. The van der Waals surface area contributed by atoms with Crippen LogP contribution in [0.25, 0.3) is 0 Å². The first-order valence-corrected chi connectivity index (χ1v) is 4.08. The summed E-state index contributed by atoms with van der Waals surface area (Å²) in [6.07, 6.45) is 0. The molecule has 0 saturated heterocycles. The number of ether oxygens (including phenoxy) is 1. The summed E-state index contributed by atoms with van der Waals surface area (Å²) < 4.78 is 5.63. The van der Waals surface area contributed by atoms with E-state index in [1.165, 1.54) is 0 Å². The number of rotatable bonds is 1. The van der Waals surface area contributed by atoms with Crippen LogP contribution < -0.4 is 4.74 Å². The molecule has 0 unspecified atom stereocenters. The summed E-state index contributed by atoms with van der Waals surface area (Å²) >= 11 is 0. The van der Waals surface area contributed by atoms with Crippen molar-refractivity contribution in [2.45, 2.75) is 26.4 Å². The maximum absolute atomic E-state index is 5.63. The molecule has 1 rings (SSSR count). The van der Waals surface area contributed by atoms with Gasteiger partial charge in [0.05, 0.1) is 0 Å². The lowest BCUT2D eigenvalue weighted by Crippen LogP contribution is -2.22. The van der Waals surface area contributed by atoms with Crippen molar-refractivity contribution in [2.75, 3.05) is 0 Å². The zero-order valence-electron chi connectivity index (χ0n) is 7.92. The van der Waals surface area contributed by atoms with Crippen LogP contribution in [0, 0.1) is 6.92 Å². The fraction of sp³-hybridized carbons (Fsp3) is 0.364. The summed E-state index contributed by atoms with van der Waals surface area (Å²) in [6, 6.07) is 7.77. The molecular weight excluding hydrogens is 148 g/mol. The number of benzene rings is 1. The van der Waals surface area contributed by atoms with Crippen LogP contribution in [0.1, 0.15) is 26.3 Å². The molecule has 1 aromatic rings. The Hall–Kier alpha value is -0.980. The molecule has 0 amide bonds. The van der Waals surface area contributed by atoms with Crippen LogP contribution in [0.3, 0.4) is 0 Å². The fourth-order valence-electron chi connectivity index (χ4n) is 0.911. The van der Waals surface area contributed by atoms with Crippen LogP contribution in [0.2, 0.25) is 0 Å². The van der Waals surface area contributed by atoms with E-state index in [1.807, 2.05) is 45.0 Å². The van der Waals surface area contributed by atoms with Crippen LogP contribution >= 0.6 is 0 Å². The second kappa shape index (κ2) is 3.18. The predicted molar refractivity (Wildman–Crippen MR) is 51.3 cm³/mol. The Morgan fingerprint density at radius 3 is 2.00 bits per heavy atom. The lowest BCUT2D eigenvalue weighted by Gasteiger charge is -2.21. The third kappa shape index (κ3) is 2.95. The van der Waals surface area contributed by atoms with Gasteiger partial charge in [-0.2, -0.15) is 0 Å². The highest BCUT2D eigenvalue weighted by Crippen LogP contribution is 2.17. The van der Waals surface area contributed by atoms with Gasteiger partial charge in [0.1, 0.15) is 11.4 Å². The van der Waals surface area contributed by atoms with Gasteiger partial charge in [0.2, 0.25) is 0 Å². The Kier molecular flexibility index (Phi) is 2.41. The Morgan fingerprint density at radius 2 is 1.58 bits per heavy atom. The first-order valence-electron chi connectivity index (χ1n) is 4.08. The van der Waals surface area contributed by atoms with Crippen molar-refractivity contribution in [2.24, 2.45) is 0 Å². The van der Waals surface area contributed by atoms with E-state index < -0.39 is 0 Å². The van der Waals surface area contributed by atoms with Crippen molar-refractivity contribution in [1.29, 1.82) is 0 Å². The second-order valence-corrected chi connectivity index (χ2v) is 3.86. The molecule has 1 heteroatoms. The van der Waals surface area contributed by atoms with Gasteiger partial charge in [-0.3, -0.25) is 0 Å². The highest BCUT2D eigenvalue weighted by Gasteiger charge is 2.10. The van der Waals surface area contributed by atoms with Crippen LogP contribution in [0.4, 0.5) is 0 Å². The molecular formula is C11H15O. The van der Waals surface area contributed by atoms with E-state index in [9.17, 15) is 0 Å². The van der Waals surface area contributed by atoms with Crippen molar-refractivity contribution < 1.29 is 4.74 Å². The summed E-state index contributed by atoms with van der Waals surface area (Å²) in [5.41, 5.74) is 0.888. The van der Waals surface area contributed by atoms with Gasteiger partial charge in [-0.1, -0.05) is 12.1 Å². The van der Waals surface area contributed by atoms with Crippen LogP contribution in [-0.4, -0.2) is 5.60 Å². The standard InChI is InChI=1S/C11H15O/c1-9-5-7-10(8-6-9)12-11(2,3)4/h5-8H,1H2,2-4H3. The first-order chi connectivity index (χ1) is 5.47. The zero-order chi connectivity index (χ0) is 9.19. The zero-order valence-corrected chi connectivity index (χ0v) is 7.92. The smallest absolute Gasteiger partial charge is 0.120 e. The molecule has 0 N–H and O–H groups in total. The maximum atomic E-state index is 5.63. The fourth-order valence-corrected chi connectivity index (χ4v) is 0.911. The molecule has 0 atom stereocenters. The highest BCUT2D eigenvalue weighted by atomic mass is 16.5. The van der Waals surface area contributed by atoms with E-state index in [2.05, 4.69) is 6.92 Å². The molecule has 12 heavy (non-hydrogen) atoms. The molecule has 1 nitrogen and oxygen atoms in total. The van der Waals surface area contributed by atoms with Gasteiger partial charge in [0, 0.05) is 0 Å². The Balaban J connectivity index is 2.71. The number of hydrogen-bond donors (Lipinski definition) is 0. The molecule has 0 aliphatic carbocycles. The van der Waals surface area contributed by atoms with Crippen LogP contribution in [0.5, 0.6) is 5.75 Å². The second-order valence-electron chi connectivity index (χ2n) is 3.86. The van der Waals surface area contributed by atoms with E-state index in [0.717, 1.165) is 11.3 Å². The Labute approximate surface area is 74.4 Å². The van der Waals surface area contributed by atoms with Crippen molar-refractivity contribution in [3.05, 3.63) is 36.8 Å². The molecule has 0 heterocycles. The average Bonchev–Trinajstić information content (AvgIpc) is 1.91. The summed E-state index contributed by atoms with van der Waals surface area (Å²) in [5, 5.41) is 0. The normalized spacial score (nSPS) is 11.3. The summed E-state index contributed by atoms with van der Waals surface area (Å²) in [4.78, 5) is 0. The third-order valence-corrected chi connectivity index (χ3v) is 1.35. The molecule has 0 fully saturated rings. The molecule has 1 aromatic carbocycles. The van der Waals surface area contributed by atoms with Gasteiger partial charge < -0.3 is 4.74 Å². The van der Waals surface area contributed by atoms with Crippen molar-refractivity contribution in [1.82, 2.24) is 0 Å². The molecule has 65 valence electrons. The highest BCUT2D eigenvalue weighted by molar-refractivity contribution is 5.28. The summed E-state index contributed by atoms with van der Waals surface area (Å²) in [5.74, 6) is 0.898.